The van der Waals surface area contributed by atoms with Crippen LogP contribution in [0, 0.1) is 0 Å². The van der Waals surface area contributed by atoms with Gasteiger partial charge in [-0.25, -0.2) is 0 Å². The maximum Gasteiger partial charge on any atom is 0.0725 e. The number of fused-ring (bicyclic) bond motifs is 1. The molecule has 2 rings (SSSR count). The van der Waals surface area contributed by atoms with Gasteiger partial charge in [0.2, 0.25) is 0 Å². The number of benzene rings is 1. The van der Waals surface area contributed by atoms with Gasteiger partial charge >= 0.3 is 0 Å². The van der Waals surface area contributed by atoms with Gasteiger partial charge in [0.25, 0.3) is 0 Å². The SMILES string of the molecule is NCCCCCCc1ccc2c(c1)COC2. The molecular formula is C14H21NO. The lowest BCUT2D eigenvalue weighted by Gasteiger charge is -2.04. The second-order valence-electron chi connectivity index (χ2n) is 4.55. The van der Waals surface area contributed by atoms with Gasteiger partial charge in [0.05, 0.1) is 13.2 Å². The Labute approximate surface area is 97.8 Å². The second kappa shape index (κ2) is 6.02. The number of ether oxygens (including phenoxy) is 1. The highest BCUT2D eigenvalue weighted by Gasteiger charge is 2.10. The van der Waals surface area contributed by atoms with Crippen LogP contribution in [-0.4, -0.2) is 6.54 Å². The third kappa shape index (κ3) is 3.06. The minimum absolute atomic E-state index is 0.798. The van der Waals surface area contributed by atoms with Gasteiger partial charge in [-0.05, 0) is 42.5 Å². The van der Waals surface area contributed by atoms with Gasteiger partial charge in [-0.1, -0.05) is 31.0 Å². The molecule has 1 aliphatic heterocycles. The summed E-state index contributed by atoms with van der Waals surface area (Å²) in [6.45, 7) is 2.43. The summed E-state index contributed by atoms with van der Waals surface area (Å²) >= 11 is 0. The predicted octanol–water partition coefficient (Wildman–Crippen LogP) is 2.78. The van der Waals surface area contributed by atoms with E-state index in [1.54, 1.807) is 0 Å². The second-order valence-corrected chi connectivity index (χ2v) is 4.55. The number of nitrogens with two attached hydrogens (primary N) is 1. The molecule has 0 radical (unpaired) electrons. The summed E-state index contributed by atoms with van der Waals surface area (Å²) in [5, 5.41) is 0. The molecule has 0 atom stereocenters. The third-order valence-corrected chi connectivity index (χ3v) is 3.21. The van der Waals surface area contributed by atoms with Crippen molar-refractivity contribution in [3.05, 3.63) is 34.9 Å². The quantitative estimate of drug-likeness (QED) is 0.747. The lowest BCUT2D eigenvalue weighted by atomic mass is 10.0. The number of aryl methyl sites for hydroxylation is 1. The van der Waals surface area contributed by atoms with Crippen LogP contribution < -0.4 is 5.73 Å². The largest absolute Gasteiger partial charge is 0.372 e. The van der Waals surface area contributed by atoms with Gasteiger partial charge in [-0.3, -0.25) is 0 Å². The maximum atomic E-state index is 5.47. The summed E-state index contributed by atoms with van der Waals surface area (Å²) in [4.78, 5) is 0. The molecule has 16 heavy (non-hydrogen) atoms. The average molecular weight is 219 g/mol. The first kappa shape index (κ1) is 11.6. The van der Waals surface area contributed by atoms with Crippen molar-refractivity contribution in [3.8, 4) is 0 Å². The van der Waals surface area contributed by atoms with E-state index in [1.165, 1.54) is 42.4 Å². The molecule has 1 aliphatic rings. The van der Waals surface area contributed by atoms with Crippen molar-refractivity contribution in [1.29, 1.82) is 0 Å². The van der Waals surface area contributed by atoms with Crippen LogP contribution >= 0.6 is 0 Å². The Kier molecular flexibility index (Phi) is 4.37. The molecule has 1 aromatic carbocycles. The standard InChI is InChI=1S/C14H21NO/c15-8-4-2-1-3-5-12-6-7-13-10-16-11-14(13)9-12/h6-7,9H,1-5,8,10-11,15H2. The van der Waals surface area contributed by atoms with Crippen LogP contribution in [0.3, 0.4) is 0 Å². The molecule has 0 saturated carbocycles. The molecule has 0 aromatic heterocycles. The maximum absolute atomic E-state index is 5.47. The van der Waals surface area contributed by atoms with Crippen molar-refractivity contribution >= 4 is 0 Å². The number of unbranched alkanes of at least 4 members (excludes halogenated alkanes) is 3. The van der Waals surface area contributed by atoms with E-state index in [0.717, 1.165) is 26.2 Å². The van der Waals surface area contributed by atoms with Crippen molar-refractivity contribution in [1.82, 2.24) is 0 Å². The van der Waals surface area contributed by atoms with E-state index in [1.807, 2.05) is 0 Å². The third-order valence-electron chi connectivity index (χ3n) is 3.21. The summed E-state index contributed by atoms with van der Waals surface area (Å²) < 4.78 is 5.41. The number of hydrogen-bond donors (Lipinski definition) is 1. The summed E-state index contributed by atoms with van der Waals surface area (Å²) in [5.41, 5.74) is 9.68. The average Bonchev–Trinajstić information content (AvgIpc) is 2.76. The molecule has 0 amide bonds. The minimum Gasteiger partial charge on any atom is -0.372 e. The molecular weight excluding hydrogens is 198 g/mol. The van der Waals surface area contributed by atoms with Crippen LogP contribution in [0.1, 0.15) is 42.4 Å². The van der Waals surface area contributed by atoms with Crippen LogP contribution in [0.25, 0.3) is 0 Å². The highest BCUT2D eigenvalue weighted by molar-refractivity contribution is 5.33. The van der Waals surface area contributed by atoms with E-state index < -0.39 is 0 Å². The molecule has 88 valence electrons. The molecule has 0 spiro atoms. The minimum atomic E-state index is 0.798. The Morgan fingerprint density at radius 2 is 1.81 bits per heavy atom. The molecule has 0 unspecified atom stereocenters. The van der Waals surface area contributed by atoms with Crippen molar-refractivity contribution < 1.29 is 4.74 Å². The Balaban J connectivity index is 1.77. The molecule has 0 bridgehead atoms. The molecule has 0 aliphatic carbocycles. The van der Waals surface area contributed by atoms with E-state index >= 15 is 0 Å². The van der Waals surface area contributed by atoms with Crippen molar-refractivity contribution in [2.24, 2.45) is 5.73 Å². The number of hydrogen-bond acceptors (Lipinski definition) is 2. The van der Waals surface area contributed by atoms with Gasteiger partial charge in [-0.15, -0.1) is 0 Å². The summed E-state index contributed by atoms with van der Waals surface area (Å²) in [7, 11) is 0. The lowest BCUT2D eigenvalue weighted by Crippen LogP contribution is -1.98. The van der Waals surface area contributed by atoms with Crippen molar-refractivity contribution in [3.63, 3.8) is 0 Å². The van der Waals surface area contributed by atoms with E-state index in [4.69, 9.17) is 10.5 Å². The highest BCUT2D eigenvalue weighted by atomic mass is 16.5. The predicted molar refractivity (Wildman–Crippen MR) is 66.2 cm³/mol. The molecule has 2 N–H and O–H groups in total. The van der Waals surface area contributed by atoms with E-state index in [9.17, 15) is 0 Å². The van der Waals surface area contributed by atoms with Gasteiger partial charge in [0.15, 0.2) is 0 Å². The first-order valence-corrected chi connectivity index (χ1v) is 6.28. The Bertz CT molecular complexity index is 336. The fourth-order valence-electron chi connectivity index (χ4n) is 2.21. The fourth-order valence-corrected chi connectivity index (χ4v) is 2.21. The van der Waals surface area contributed by atoms with Gasteiger partial charge in [0.1, 0.15) is 0 Å². The van der Waals surface area contributed by atoms with Crippen molar-refractivity contribution in [2.75, 3.05) is 6.54 Å². The van der Waals surface area contributed by atoms with Crippen LogP contribution in [0.15, 0.2) is 18.2 Å². The van der Waals surface area contributed by atoms with Gasteiger partial charge in [-0.2, -0.15) is 0 Å². The summed E-state index contributed by atoms with van der Waals surface area (Å²) in [6, 6.07) is 6.78. The number of rotatable bonds is 6. The molecule has 1 heterocycles. The molecule has 0 saturated heterocycles. The normalized spacial score (nSPS) is 14.1. The van der Waals surface area contributed by atoms with Crippen LogP contribution in [0.4, 0.5) is 0 Å². The molecule has 2 heteroatoms. The lowest BCUT2D eigenvalue weighted by molar-refractivity contribution is 0.134. The zero-order valence-corrected chi connectivity index (χ0v) is 9.87. The molecule has 0 fully saturated rings. The zero-order valence-electron chi connectivity index (χ0n) is 9.87. The Morgan fingerprint density at radius 3 is 2.69 bits per heavy atom. The van der Waals surface area contributed by atoms with Crippen LogP contribution in [-0.2, 0) is 24.4 Å². The van der Waals surface area contributed by atoms with E-state index in [0.29, 0.717) is 0 Å². The smallest absolute Gasteiger partial charge is 0.0725 e. The molecule has 1 aromatic rings. The van der Waals surface area contributed by atoms with Crippen molar-refractivity contribution in [2.45, 2.75) is 45.3 Å². The first-order valence-electron chi connectivity index (χ1n) is 6.28. The van der Waals surface area contributed by atoms with Gasteiger partial charge < -0.3 is 10.5 Å². The molecule has 2 nitrogen and oxygen atoms in total. The zero-order chi connectivity index (χ0) is 11.2. The fraction of sp³-hybridized carbons (Fsp3) is 0.571. The summed E-state index contributed by atoms with van der Waals surface area (Å²) in [5.74, 6) is 0. The van der Waals surface area contributed by atoms with E-state index in [2.05, 4.69) is 18.2 Å². The Morgan fingerprint density at radius 1 is 1.00 bits per heavy atom. The van der Waals surface area contributed by atoms with E-state index in [-0.39, 0.29) is 0 Å². The summed E-state index contributed by atoms with van der Waals surface area (Å²) in [6.07, 6.45) is 6.20. The van der Waals surface area contributed by atoms with Crippen LogP contribution in [0.2, 0.25) is 0 Å². The topological polar surface area (TPSA) is 35.2 Å². The first-order chi connectivity index (χ1) is 7.90. The highest BCUT2D eigenvalue weighted by Crippen LogP contribution is 2.21. The Hall–Kier alpha value is -0.860. The monoisotopic (exact) mass is 219 g/mol. The van der Waals surface area contributed by atoms with Crippen LogP contribution in [0.5, 0.6) is 0 Å². The van der Waals surface area contributed by atoms with Gasteiger partial charge in [0, 0.05) is 0 Å².